The Morgan fingerprint density at radius 3 is 0.776 bits per heavy atom. The summed E-state index contributed by atoms with van der Waals surface area (Å²) in [5, 5.41) is 5.03. The number of para-hydroxylation sites is 3. The summed E-state index contributed by atoms with van der Waals surface area (Å²) in [6.45, 7) is 0. The van der Waals surface area contributed by atoms with Crippen molar-refractivity contribution in [3.8, 4) is 66.8 Å². The minimum Gasteiger partial charge on any atom is -0.344 e. The van der Waals surface area contributed by atoms with Gasteiger partial charge < -0.3 is 19.4 Å². The van der Waals surface area contributed by atoms with Crippen LogP contribution in [0.1, 0.15) is 67.1 Å². The molecule has 23 aromatic carbocycles. The van der Waals surface area contributed by atoms with E-state index < -0.39 is 5.41 Å². The largest absolute Gasteiger partial charge is 0.344 e. The van der Waals surface area contributed by atoms with E-state index in [-0.39, 0.29) is 11.3 Å². The molecule has 0 spiro atoms. The first-order chi connectivity index (χ1) is 70.9. The summed E-state index contributed by atoms with van der Waals surface area (Å²) in [4.78, 5) is 7.01. The predicted octanol–water partition coefficient (Wildman–Crippen LogP) is 36.7. The van der Waals surface area contributed by atoms with Crippen molar-refractivity contribution < 1.29 is 0 Å². The zero-order valence-electron chi connectivity index (χ0n) is 79.0. The van der Waals surface area contributed by atoms with Crippen LogP contribution in [0.25, 0.3) is 88.3 Å². The molecular formula is C137H100BN4P. The third-order valence-electron chi connectivity index (χ3n) is 28.1. The van der Waals surface area contributed by atoms with E-state index in [0.717, 1.165) is 45.5 Å². The Kier molecular flexibility index (Phi) is 26.2. The van der Waals surface area contributed by atoms with E-state index in [1.165, 1.54) is 155 Å². The molecule has 1 atom stereocenters. The Bertz CT molecular complexity index is 8010. The summed E-state index contributed by atoms with van der Waals surface area (Å²) >= 11 is 0. The topological polar surface area (TPSA) is 22.1 Å². The van der Waals surface area contributed by atoms with Crippen molar-refractivity contribution in [3.63, 3.8) is 0 Å². The second kappa shape index (κ2) is 41.4. The monoisotopic (exact) mass is 1840 g/mol. The molecule has 1 unspecified atom stereocenters. The van der Waals surface area contributed by atoms with Crippen LogP contribution in [-0.2, 0) is 10.8 Å². The third kappa shape index (κ3) is 17.8. The second-order valence-corrected chi connectivity index (χ2v) is 36.4. The van der Waals surface area contributed by atoms with Gasteiger partial charge in [-0.1, -0.05) is 491 Å². The lowest BCUT2D eigenvalue weighted by Crippen LogP contribution is -2.28. The molecule has 0 bridgehead atoms. The van der Waals surface area contributed by atoms with Gasteiger partial charge in [0.05, 0.1) is 16.5 Å². The van der Waals surface area contributed by atoms with Crippen molar-refractivity contribution in [2.75, 3.05) is 14.7 Å². The van der Waals surface area contributed by atoms with Gasteiger partial charge in [-0.05, 0) is 256 Å². The molecule has 0 N–H and O–H groups in total. The molecule has 0 amide bonds. The van der Waals surface area contributed by atoms with E-state index in [4.69, 9.17) is 0 Å². The maximum absolute atomic E-state index is 4.39. The van der Waals surface area contributed by atoms with Gasteiger partial charge in [0.2, 0.25) is 0 Å². The van der Waals surface area contributed by atoms with Crippen LogP contribution in [-0.4, -0.2) is 7.98 Å². The van der Waals surface area contributed by atoms with Gasteiger partial charge in [0.1, 0.15) is 0 Å². The van der Waals surface area contributed by atoms with Crippen LogP contribution < -0.4 is 14.7 Å². The molecule has 0 saturated heterocycles. The number of hydrogen-bond donors (Lipinski definition) is 0. The first kappa shape index (κ1) is 90.3. The summed E-state index contributed by atoms with van der Waals surface area (Å²) in [6, 6.07) is 215. The highest BCUT2D eigenvalue weighted by Crippen LogP contribution is 2.59. The normalized spacial score (nSPS) is 12.2. The van der Waals surface area contributed by atoms with Crippen LogP contribution in [0.3, 0.4) is 0 Å². The van der Waals surface area contributed by atoms with Crippen LogP contribution in [0.4, 0.5) is 51.2 Å². The van der Waals surface area contributed by atoms with Gasteiger partial charge in [0, 0.05) is 56.8 Å². The van der Waals surface area contributed by atoms with Crippen LogP contribution in [0.15, 0.2) is 599 Å². The molecule has 676 valence electrons. The van der Waals surface area contributed by atoms with Gasteiger partial charge >= 0.3 is 0 Å². The van der Waals surface area contributed by atoms with Crippen LogP contribution >= 0.6 is 9.03 Å². The van der Waals surface area contributed by atoms with E-state index in [2.05, 4.69) is 631 Å². The van der Waals surface area contributed by atoms with Gasteiger partial charge in [-0.15, -0.1) is 0 Å². The van der Waals surface area contributed by atoms with Crippen molar-refractivity contribution in [1.82, 2.24) is 0 Å². The summed E-state index contributed by atoms with van der Waals surface area (Å²) in [7, 11) is 6.97. The lowest BCUT2D eigenvalue weighted by molar-refractivity contribution is 0.768. The molecule has 2 aliphatic rings. The summed E-state index contributed by atoms with van der Waals surface area (Å²) < 4.78 is 2.81. The molecule has 25 rings (SSSR count). The Morgan fingerprint density at radius 2 is 0.406 bits per heavy atom. The van der Waals surface area contributed by atoms with Crippen molar-refractivity contribution in [2.24, 2.45) is 4.66 Å². The molecule has 4 nitrogen and oxygen atoms in total. The fourth-order valence-corrected chi connectivity index (χ4v) is 21.7. The van der Waals surface area contributed by atoms with E-state index in [1.807, 2.05) is 0 Å². The van der Waals surface area contributed by atoms with Crippen molar-refractivity contribution in [3.05, 3.63) is 656 Å². The quantitative estimate of drug-likeness (QED) is 0.0431. The maximum Gasteiger partial charge on any atom is 0.265 e. The molecule has 0 aliphatic heterocycles. The highest BCUT2D eigenvalue weighted by molar-refractivity contribution is 7.05. The summed E-state index contributed by atoms with van der Waals surface area (Å²) in [5.41, 5.74) is 38.6. The predicted molar refractivity (Wildman–Crippen MR) is 605 cm³/mol. The van der Waals surface area contributed by atoms with E-state index in [1.54, 1.807) is 0 Å². The average molecular weight is 1840 g/mol. The Morgan fingerprint density at radius 1 is 0.182 bits per heavy atom. The molecule has 0 aromatic heterocycles. The van der Waals surface area contributed by atoms with E-state index >= 15 is 0 Å². The van der Waals surface area contributed by atoms with Crippen molar-refractivity contribution in [2.45, 2.75) is 16.7 Å². The first-order valence-electron chi connectivity index (χ1n) is 48.8. The minimum atomic E-state index is -0.401. The molecule has 23 aromatic rings. The number of nitrogens with zero attached hydrogens (tertiary/aromatic N) is 4. The number of hydrogen-bond acceptors (Lipinski definition) is 4. The molecule has 0 heterocycles. The van der Waals surface area contributed by atoms with Crippen LogP contribution in [0, 0.1) is 0 Å². The number of fused-ring (bicyclic) bond motifs is 8. The smallest absolute Gasteiger partial charge is 0.265 e. The van der Waals surface area contributed by atoms with Gasteiger partial charge in [-0.25, -0.2) is 0 Å². The van der Waals surface area contributed by atoms with Gasteiger partial charge in [0.15, 0.2) is 0 Å². The highest BCUT2D eigenvalue weighted by atomic mass is 31.0. The number of anilines is 9. The van der Waals surface area contributed by atoms with Gasteiger partial charge in [-0.3, -0.25) is 0 Å². The number of benzene rings is 23. The highest BCUT2D eigenvalue weighted by Gasteiger charge is 2.48. The zero-order valence-corrected chi connectivity index (χ0v) is 80.0. The minimum absolute atomic E-state index is 0.142. The molecule has 2 radical (unpaired) electrons. The number of rotatable bonds is 20. The summed E-state index contributed by atoms with van der Waals surface area (Å²) in [6.07, 6.45) is 0. The third-order valence-corrected chi connectivity index (χ3v) is 28.1. The van der Waals surface area contributed by atoms with Gasteiger partial charge in [0.25, 0.3) is 7.98 Å². The molecule has 143 heavy (non-hydrogen) atoms. The maximum atomic E-state index is 4.39. The zero-order chi connectivity index (χ0) is 96.1. The fourth-order valence-electron chi connectivity index (χ4n) is 21.7. The average Bonchev–Trinajstić information content (AvgIpc) is 1.54. The second-order valence-electron chi connectivity index (χ2n) is 36.1. The standard InChI is InChI=1S/C49H35N.C45H33N.C43H31N.BHNP/c1-4-14-36(15-5-1)38-26-32-43(33-27-38)50(42-18-8-3-9-19-42)44-34-28-39(29-35-44)37-24-30-41(31-25-37)49(40-16-6-2-7-17-40)47-22-12-10-20-45(47)46-21-11-13-23-48(46)49;1-3-15-37(16-4-1)45(43-23-11-17-35-13-7-9-21-41(35)43)38-27-25-33(26-28-38)34-29-31-40(32-30-34)46(39-19-5-2-6-20-39)44-24-12-18-36-14-8-10-22-42(36)44;1-4-14-32(15-5-1)33-24-28-37(29-25-33)44(36-18-8-3-9-19-36)38-30-26-35(27-31-38)43(34-16-6-2-7-17-34)41-22-12-10-20-39(41)40-21-11-13-23-42(40)43;1-2-3/h1-35H;1-32,45H;1-31H;3H. The molecule has 2 aliphatic carbocycles. The lowest BCUT2D eigenvalue weighted by atomic mass is 9.67. The van der Waals surface area contributed by atoms with Crippen molar-refractivity contribution >= 4 is 89.7 Å². The van der Waals surface area contributed by atoms with Crippen LogP contribution in [0.2, 0.25) is 0 Å². The Labute approximate surface area is 842 Å². The molecule has 0 fully saturated rings. The fraction of sp³-hybridized carbons (Fsp3) is 0.0219. The van der Waals surface area contributed by atoms with Crippen LogP contribution in [0.5, 0.6) is 0 Å². The molecular weight excluding hydrogens is 1740 g/mol. The lowest BCUT2D eigenvalue weighted by Gasteiger charge is -2.34. The molecule has 0 saturated carbocycles. The Hall–Kier alpha value is -17.9. The van der Waals surface area contributed by atoms with E-state index in [9.17, 15) is 0 Å². The van der Waals surface area contributed by atoms with Crippen molar-refractivity contribution in [1.29, 1.82) is 0 Å². The molecule has 6 heteroatoms. The Balaban J connectivity index is 0.000000121. The summed E-state index contributed by atoms with van der Waals surface area (Å²) in [5.74, 6) is 0.142. The van der Waals surface area contributed by atoms with E-state index in [0.29, 0.717) is 0 Å². The first-order valence-corrected chi connectivity index (χ1v) is 49.3. The SMILES string of the molecule is [B]N=P.c1ccc(-c2ccc(N(c3ccccc3)c3ccc(-c4ccc(C5(c6ccccc6)c6ccccc6-c6ccccc65)cc4)cc3)cc2)cc1.c1ccc(-c2ccc(N(c3ccccc3)c3ccc(C4(c5ccccc5)c5ccccc5-c5ccccc54)cc3)cc2)cc1.c1ccc(C(c2ccc(-c3ccc(N(c4ccccc4)c4cccc5ccccc45)cc3)cc2)c2cccc3ccccc23)cc1. The van der Waals surface area contributed by atoms with Gasteiger partial charge in [-0.2, -0.15) is 0 Å².